The van der Waals surface area contributed by atoms with E-state index >= 15 is 0 Å². The van der Waals surface area contributed by atoms with Gasteiger partial charge in [0.1, 0.15) is 17.6 Å². The minimum Gasteiger partial charge on any atom is -0.477 e. The molecule has 2 heterocycles. The maximum absolute atomic E-state index is 11.1. The van der Waals surface area contributed by atoms with Gasteiger partial charge in [-0.3, -0.25) is 10.1 Å². The normalized spacial score (nSPS) is 18.7. The van der Waals surface area contributed by atoms with Crippen LogP contribution in [0, 0.1) is 16.0 Å². The van der Waals surface area contributed by atoms with Gasteiger partial charge in [0, 0.05) is 26.2 Å². The van der Waals surface area contributed by atoms with Crippen molar-refractivity contribution in [2.24, 2.45) is 5.92 Å². The number of hydrogen-bond acceptors (Lipinski definition) is 6. The second kappa shape index (κ2) is 6.04. The molecule has 1 saturated heterocycles. The monoisotopic (exact) mass is 294 g/mol. The molecule has 21 heavy (non-hydrogen) atoms. The summed E-state index contributed by atoms with van der Waals surface area (Å²) in [5.41, 5.74) is -0.819. The summed E-state index contributed by atoms with van der Waals surface area (Å²) < 4.78 is 0. The van der Waals surface area contributed by atoms with E-state index < -0.39 is 16.6 Å². The molecule has 1 fully saturated rings. The second-order valence-corrected chi connectivity index (χ2v) is 5.42. The van der Waals surface area contributed by atoms with Crippen molar-refractivity contribution in [2.45, 2.75) is 6.42 Å². The molecule has 0 amide bonds. The lowest BCUT2D eigenvalue weighted by atomic mass is 10.1. The predicted octanol–water partition coefficient (Wildman–Crippen LogP) is 1.08. The van der Waals surface area contributed by atoms with Crippen molar-refractivity contribution in [2.75, 3.05) is 38.6 Å². The number of carbonyl (C=O) groups is 1. The maximum atomic E-state index is 11.1. The average molecular weight is 294 g/mol. The Morgan fingerprint density at radius 1 is 1.67 bits per heavy atom. The van der Waals surface area contributed by atoms with E-state index in [1.165, 1.54) is 6.07 Å². The van der Waals surface area contributed by atoms with Crippen molar-refractivity contribution in [1.29, 1.82) is 0 Å². The molecule has 0 aromatic carbocycles. The summed E-state index contributed by atoms with van der Waals surface area (Å²) in [6.45, 7) is 2.78. The lowest BCUT2D eigenvalue weighted by Crippen LogP contribution is -2.28. The van der Waals surface area contributed by atoms with Gasteiger partial charge in [-0.15, -0.1) is 0 Å². The molecule has 1 N–H and O–H groups in total. The Hall–Kier alpha value is -2.22. The van der Waals surface area contributed by atoms with E-state index in [4.69, 9.17) is 5.11 Å². The van der Waals surface area contributed by atoms with Crippen molar-refractivity contribution >= 4 is 17.5 Å². The van der Waals surface area contributed by atoms with Gasteiger partial charge >= 0.3 is 11.7 Å². The molecular formula is C13H18N4O4. The molecule has 1 aromatic rings. The predicted molar refractivity (Wildman–Crippen MR) is 76.7 cm³/mol. The fraction of sp³-hybridized carbons (Fsp3) is 0.538. The minimum atomic E-state index is -1.32. The second-order valence-electron chi connectivity index (χ2n) is 5.42. The van der Waals surface area contributed by atoms with Crippen LogP contribution in [-0.2, 0) is 0 Å². The van der Waals surface area contributed by atoms with Gasteiger partial charge in [0.05, 0.1) is 4.92 Å². The molecule has 0 saturated carbocycles. The van der Waals surface area contributed by atoms with Crippen LogP contribution in [0.1, 0.15) is 16.8 Å². The molecule has 1 atom stereocenters. The van der Waals surface area contributed by atoms with Crippen molar-refractivity contribution in [1.82, 2.24) is 9.88 Å². The lowest BCUT2D eigenvalue weighted by Gasteiger charge is -2.22. The average Bonchev–Trinajstić information content (AvgIpc) is 2.83. The number of nitrogens with zero attached hydrogens (tertiary/aromatic N) is 4. The third-order valence-corrected chi connectivity index (χ3v) is 3.71. The fourth-order valence-electron chi connectivity index (χ4n) is 2.62. The molecule has 114 valence electrons. The zero-order valence-electron chi connectivity index (χ0n) is 12.0. The van der Waals surface area contributed by atoms with Crippen LogP contribution in [0.15, 0.2) is 12.3 Å². The summed E-state index contributed by atoms with van der Waals surface area (Å²) in [4.78, 5) is 29.3. The highest BCUT2D eigenvalue weighted by molar-refractivity contribution is 5.93. The number of nitro groups is 1. The molecule has 1 unspecified atom stereocenters. The van der Waals surface area contributed by atoms with Crippen LogP contribution in [-0.4, -0.2) is 59.6 Å². The number of aromatic nitrogens is 1. The largest absolute Gasteiger partial charge is 0.477 e. The Morgan fingerprint density at radius 3 is 2.90 bits per heavy atom. The number of pyridine rings is 1. The van der Waals surface area contributed by atoms with Gasteiger partial charge in [-0.1, -0.05) is 0 Å². The molecule has 8 heteroatoms. The van der Waals surface area contributed by atoms with Crippen LogP contribution in [0.4, 0.5) is 11.5 Å². The van der Waals surface area contributed by atoms with Crippen LogP contribution >= 0.6 is 0 Å². The topological polar surface area (TPSA) is 99.8 Å². The first kappa shape index (κ1) is 15.2. The molecule has 8 nitrogen and oxygen atoms in total. The number of aromatic carboxylic acids is 1. The molecule has 0 bridgehead atoms. The highest BCUT2D eigenvalue weighted by atomic mass is 16.6. The Labute approximate surface area is 122 Å². The van der Waals surface area contributed by atoms with E-state index in [0.717, 1.165) is 32.3 Å². The number of likely N-dealkylation sites (tertiary alicyclic amines) is 1. The van der Waals surface area contributed by atoms with Gasteiger partial charge < -0.3 is 14.9 Å². The molecular weight excluding hydrogens is 276 g/mol. The van der Waals surface area contributed by atoms with Crippen molar-refractivity contribution in [3.8, 4) is 0 Å². The summed E-state index contributed by atoms with van der Waals surface area (Å²) in [6, 6.07) is 1.26. The molecule has 0 spiro atoms. The standard InChI is InChI=1S/C13H18N4O4/c1-15-4-3-9(7-15)8-16(2)12-5-10(13(18)19)11(6-14-12)17(20)21/h5-6,9H,3-4,7-8H2,1-2H3,(H,18,19). The smallest absolute Gasteiger partial charge is 0.342 e. The SMILES string of the molecule is CN1CCC(CN(C)c2cc(C(=O)O)c([N+](=O)[O-])cn2)C1. The van der Waals surface area contributed by atoms with Gasteiger partial charge in [-0.2, -0.15) is 0 Å². The van der Waals surface area contributed by atoms with Crippen molar-refractivity contribution in [3.05, 3.63) is 27.9 Å². The van der Waals surface area contributed by atoms with Gasteiger partial charge in [-0.25, -0.2) is 9.78 Å². The molecule has 1 aromatic heterocycles. The third-order valence-electron chi connectivity index (χ3n) is 3.71. The summed E-state index contributed by atoms with van der Waals surface area (Å²) in [5.74, 6) is -0.392. The zero-order chi connectivity index (χ0) is 15.6. The first-order chi connectivity index (χ1) is 9.88. The van der Waals surface area contributed by atoms with Crippen molar-refractivity contribution < 1.29 is 14.8 Å². The van der Waals surface area contributed by atoms with E-state index in [2.05, 4.69) is 16.9 Å². The van der Waals surface area contributed by atoms with E-state index in [-0.39, 0.29) is 5.56 Å². The van der Waals surface area contributed by atoms with Gasteiger partial charge in [0.15, 0.2) is 0 Å². The summed E-state index contributed by atoms with van der Waals surface area (Å²) in [6.07, 6.45) is 2.09. The summed E-state index contributed by atoms with van der Waals surface area (Å²) in [5, 5.41) is 19.9. The van der Waals surface area contributed by atoms with E-state index in [1.54, 1.807) is 0 Å². The first-order valence-electron chi connectivity index (χ1n) is 6.66. The van der Waals surface area contributed by atoms with E-state index in [9.17, 15) is 14.9 Å². The Bertz CT molecular complexity index is 563. The van der Waals surface area contributed by atoms with E-state index in [0.29, 0.717) is 11.7 Å². The fourth-order valence-corrected chi connectivity index (χ4v) is 2.62. The maximum Gasteiger partial charge on any atom is 0.342 e. The molecule has 2 rings (SSSR count). The van der Waals surface area contributed by atoms with Crippen molar-refractivity contribution in [3.63, 3.8) is 0 Å². The van der Waals surface area contributed by atoms with Crippen LogP contribution in [0.5, 0.6) is 0 Å². The lowest BCUT2D eigenvalue weighted by molar-refractivity contribution is -0.385. The number of carboxylic acids is 1. The summed E-state index contributed by atoms with van der Waals surface area (Å²) in [7, 11) is 3.88. The van der Waals surface area contributed by atoms with E-state index in [1.807, 2.05) is 11.9 Å². The van der Waals surface area contributed by atoms with Crippen LogP contribution in [0.3, 0.4) is 0 Å². The van der Waals surface area contributed by atoms with Crippen LogP contribution < -0.4 is 4.90 Å². The Balaban J connectivity index is 2.17. The van der Waals surface area contributed by atoms with Crippen LogP contribution in [0.2, 0.25) is 0 Å². The minimum absolute atomic E-state index is 0.333. The zero-order valence-corrected chi connectivity index (χ0v) is 12.0. The Morgan fingerprint density at radius 2 is 2.38 bits per heavy atom. The Kier molecular flexibility index (Phi) is 4.37. The van der Waals surface area contributed by atoms with Gasteiger partial charge in [0.25, 0.3) is 0 Å². The number of carboxylic acid groups (broad SMARTS) is 1. The highest BCUT2D eigenvalue weighted by Gasteiger charge is 2.24. The first-order valence-corrected chi connectivity index (χ1v) is 6.66. The summed E-state index contributed by atoms with van der Waals surface area (Å²) >= 11 is 0. The molecule has 0 aliphatic carbocycles. The third kappa shape index (κ3) is 3.46. The molecule has 1 aliphatic rings. The van der Waals surface area contributed by atoms with Gasteiger partial charge in [-0.05, 0) is 25.9 Å². The molecule has 0 radical (unpaired) electrons. The molecule has 1 aliphatic heterocycles. The quantitative estimate of drug-likeness (QED) is 0.640. The van der Waals surface area contributed by atoms with Gasteiger partial charge in [0.2, 0.25) is 0 Å². The number of hydrogen-bond donors (Lipinski definition) is 1. The highest BCUT2D eigenvalue weighted by Crippen LogP contribution is 2.23. The number of rotatable bonds is 5. The van der Waals surface area contributed by atoms with Crippen LogP contribution in [0.25, 0.3) is 0 Å². The number of anilines is 1.